The van der Waals surface area contributed by atoms with Crippen LogP contribution in [0.5, 0.6) is 5.75 Å². The molecule has 0 saturated carbocycles. The van der Waals surface area contributed by atoms with E-state index in [1.165, 1.54) is 24.1 Å². The summed E-state index contributed by atoms with van der Waals surface area (Å²) in [5.41, 5.74) is 0.172. The second kappa shape index (κ2) is 6.73. The maximum atomic E-state index is 12.3. The molecule has 0 fully saturated rings. The molecule has 1 heterocycles. The number of esters is 1. The number of allylic oxidation sites excluding steroid dienone is 1. The average molecular weight is 354 g/mol. The van der Waals surface area contributed by atoms with Crippen molar-refractivity contribution in [1.29, 1.82) is 0 Å². The minimum atomic E-state index is -0.600. The Bertz CT molecular complexity index is 706. The summed E-state index contributed by atoms with van der Waals surface area (Å²) in [6.45, 7) is 7.81. The lowest BCUT2D eigenvalue weighted by molar-refractivity contribution is 0.0600. The lowest BCUT2D eigenvalue weighted by Gasteiger charge is -2.32. The quantitative estimate of drug-likeness (QED) is 0.739. The van der Waals surface area contributed by atoms with Gasteiger partial charge in [-0.25, -0.2) is 14.5 Å². The fraction of sp³-hybridized carbons (Fsp3) is 0.412. The SMILES string of the molecule is CCOC(=O)N1C=C(C(C)(C)C)Oc2cc(Cl)c(C(=O)OC)cc21. The molecular weight excluding hydrogens is 334 g/mol. The summed E-state index contributed by atoms with van der Waals surface area (Å²) in [4.78, 5) is 25.5. The molecule has 0 aromatic heterocycles. The predicted octanol–water partition coefficient (Wildman–Crippen LogP) is 4.37. The van der Waals surface area contributed by atoms with E-state index in [-0.39, 0.29) is 22.6 Å². The van der Waals surface area contributed by atoms with Crippen LogP contribution in [-0.2, 0) is 9.47 Å². The largest absolute Gasteiger partial charge is 0.465 e. The maximum Gasteiger partial charge on any atom is 0.418 e. The Hall–Kier alpha value is -2.21. The standard InChI is InChI=1S/C17H20ClNO5/c1-6-23-16(21)19-9-14(17(2,3)4)24-13-8-11(18)10(7-12(13)19)15(20)22-5/h7-9H,6H2,1-5H3. The second-order valence-corrected chi connectivity index (χ2v) is 6.61. The number of nitrogens with zero attached hydrogens (tertiary/aromatic N) is 1. The molecule has 1 aliphatic heterocycles. The van der Waals surface area contributed by atoms with E-state index < -0.39 is 12.1 Å². The van der Waals surface area contributed by atoms with Crippen molar-refractivity contribution in [2.75, 3.05) is 18.6 Å². The van der Waals surface area contributed by atoms with E-state index in [2.05, 4.69) is 0 Å². The van der Waals surface area contributed by atoms with E-state index in [1.54, 1.807) is 13.1 Å². The number of rotatable bonds is 2. The highest BCUT2D eigenvalue weighted by Gasteiger charge is 2.32. The molecule has 0 saturated heterocycles. The minimum absolute atomic E-state index is 0.142. The third-order valence-corrected chi connectivity index (χ3v) is 3.70. The van der Waals surface area contributed by atoms with Crippen LogP contribution in [0.3, 0.4) is 0 Å². The van der Waals surface area contributed by atoms with Gasteiger partial charge in [0, 0.05) is 11.5 Å². The highest BCUT2D eigenvalue weighted by Crippen LogP contribution is 2.42. The number of hydrogen-bond donors (Lipinski definition) is 0. The molecule has 0 atom stereocenters. The third kappa shape index (κ3) is 3.48. The number of hydrogen-bond acceptors (Lipinski definition) is 5. The predicted molar refractivity (Wildman–Crippen MR) is 90.5 cm³/mol. The van der Waals surface area contributed by atoms with Crippen LogP contribution < -0.4 is 9.64 Å². The highest BCUT2D eigenvalue weighted by molar-refractivity contribution is 6.34. The van der Waals surface area contributed by atoms with E-state index in [0.29, 0.717) is 17.2 Å². The van der Waals surface area contributed by atoms with Gasteiger partial charge < -0.3 is 14.2 Å². The van der Waals surface area contributed by atoms with E-state index >= 15 is 0 Å². The third-order valence-electron chi connectivity index (χ3n) is 3.38. The number of anilines is 1. The van der Waals surface area contributed by atoms with Gasteiger partial charge in [0.05, 0.1) is 36.2 Å². The second-order valence-electron chi connectivity index (χ2n) is 6.21. The molecule has 24 heavy (non-hydrogen) atoms. The van der Waals surface area contributed by atoms with Crippen molar-refractivity contribution in [3.63, 3.8) is 0 Å². The van der Waals surface area contributed by atoms with Crippen molar-refractivity contribution < 1.29 is 23.8 Å². The van der Waals surface area contributed by atoms with Crippen LogP contribution in [0.2, 0.25) is 5.02 Å². The first kappa shape index (κ1) is 18.1. The molecule has 0 bridgehead atoms. The Morgan fingerprint density at radius 3 is 2.50 bits per heavy atom. The minimum Gasteiger partial charge on any atom is -0.465 e. The number of carbonyl (C=O) groups excluding carboxylic acids is 2. The first-order chi connectivity index (χ1) is 11.2. The summed E-state index contributed by atoms with van der Waals surface area (Å²) in [5.74, 6) is 0.343. The van der Waals surface area contributed by atoms with E-state index in [9.17, 15) is 9.59 Å². The Kier molecular flexibility index (Phi) is 5.08. The molecular formula is C17H20ClNO5. The molecule has 7 heteroatoms. The van der Waals surface area contributed by atoms with Gasteiger partial charge in [-0.15, -0.1) is 0 Å². The fourth-order valence-electron chi connectivity index (χ4n) is 2.10. The van der Waals surface area contributed by atoms with Crippen molar-refractivity contribution in [1.82, 2.24) is 0 Å². The van der Waals surface area contributed by atoms with Crippen LogP contribution in [0.1, 0.15) is 38.1 Å². The Morgan fingerprint density at radius 2 is 1.96 bits per heavy atom. The zero-order valence-corrected chi connectivity index (χ0v) is 15.1. The first-order valence-corrected chi connectivity index (χ1v) is 7.84. The molecule has 0 aliphatic carbocycles. The maximum absolute atomic E-state index is 12.3. The van der Waals surface area contributed by atoms with Crippen LogP contribution in [0.4, 0.5) is 10.5 Å². The summed E-state index contributed by atoms with van der Waals surface area (Å²) in [6, 6.07) is 2.95. The van der Waals surface area contributed by atoms with Gasteiger partial charge in [0.25, 0.3) is 0 Å². The Balaban J connectivity index is 2.59. The van der Waals surface area contributed by atoms with Gasteiger partial charge in [0.1, 0.15) is 5.76 Å². The van der Waals surface area contributed by atoms with Crippen LogP contribution >= 0.6 is 11.6 Å². The summed E-state index contributed by atoms with van der Waals surface area (Å²) in [6.07, 6.45) is 0.997. The molecule has 1 amide bonds. The number of amides is 1. The Morgan fingerprint density at radius 1 is 1.29 bits per heavy atom. The van der Waals surface area contributed by atoms with Gasteiger partial charge in [0.2, 0.25) is 0 Å². The molecule has 0 unspecified atom stereocenters. The molecule has 130 valence electrons. The van der Waals surface area contributed by atoms with Crippen molar-refractivity contribution in [2.45, 2.75) is 27.7 Å². The van der Waals surface area contributed by atoms with Crippen molar-refractivity contribution in [3.8, 4) is 5.75 Å². The molecule has 0 radical (unpaired) electrons. The molecule has 2 rings (SSSR count). The highest BCUT2D eigenvalue weighted by atomic mass is 35.5. The molecule has 1 aromatic rings. The zero-order valence-electron chi connectivity index (χ0n) is 14.3. The summed E-state index contributed by atoms with van der Waals surface area (Å²) >= 11 is 6.15. The van der Waals surface area contributed by atoms with Gasteiger partial charge in [-0.1, -0.05) is 32.4 Å². The topological polar surface area (TPSA) is 65.1 Å². The number of carbonyl (C=O) groups is 2. The van der Waals surface area contributed by atoms with Gasteiger partial charge in [0.15, 0.2) is 5.75 Å². The average Bonchev–Trinajstić information content (AvgIpc) is 2.51. The number of methoxy groups -OCH3 is 1. The molecule has 6 nitrogen and oxygen atoms in total. The lowest BCUT2D eigenvalue weighted by Crippen LogP contribution is -2.32. The summed E-state index contributed by atoms with van der Waals surface area (Å²) < 4.78 is 15.7. The number of fused-ring (bicyclic) bond motifs is 1. The van der Waals surface area contributed by atoms with Crippen molar-refractivity contribution in [3.05, 3.63) is 34.7 Å². The lowest BCUT2D eigenvalue weighted by atomic mass is 9.93. The molecule has 0 spiro atoms. The Labute approximate surface area is 145 Å². The van der Waals surface area contributed by atoms with Crippen LogP contribution in [0.25, 0.3) is 0 Å². The fourth-order valence-corrected chi connectivity index (χ4v) is 2.33. The van der Waals surface area contributed by atoms with Crippen molar-refractivity contribution in [2.24, 2.45) is 5.41 Å². The number of benzene rings is 1. The van der Waals surface area contributed by atoms with E-state index in [1.807, 2.05) is 20.8 Å². The molecule has 1 aliphatic rings. The van der Waals surface area contributed by atoms with Crippen molar-refractivity contribution >= 4 is 29.4 Å². The van der Waals surface area contributed by atoms with Gasteiger partial charge >= 0.3 is 12.1 Å². The van der Waals surface area contributed by atoms with Crippen LogP contribution in [0, 0.1) is 5.41 Å². The van der Waals surface area contributed by atoms with Crippen LogP contribution in [0.15, 0.2) is 24.1 Å². The summed E-state index contributed by atoms with van der Waals surface area (Å²) in [5, 5.41) is 0.180. The normalized spacial score (nSPS) is 13.6. The molecule has 0 N–H and O–H groups in total. The number of halogens is 1. The number of ether oxygens (including phenoxy) is 3. The molecule has 1 aromatic carbocycles. The summed E-state index contributed by atoms with van der Waals surface area (Å²) in [7, 11) is 1.26. The zero-order chi connectivity index (χ0) is 18.1. The monoisotopic (exact) mass is 353 g/mol. The van der Waals surface area contributed by atoms with Gasteiger partial charge in [-0.2, -0.15) is 0 Å². The first-order valence-electron chi connectivity index (χ1n) is 7.47. The smallest absolute Gasteiger partial charge is 0.418 e. The van der Waals surface area contributed by atoms with E-state index in [4.69, 9.17) is 25.8 Å². The van der Waals surface area contributed by atoms with Gasteiger partial charge in [-0.3, -0.25) is 0 Å². The van der Waals surface area contributed by atoms with Gasteiger partial charge in [-0.05, 0) is 13.0 Å². The van der Waals surface area contributed by atoms with Crippen LogP contribution in [-0.4, -0.2) is 25.8 Å². The van der Waals surface area contributed by atoms with E-state index in [0.717, 1.165) is 0 Å².